The summed E-state index contributed by atoms with van der Waals surface area (Å²) >= 11 is 0. The van der Waals surface area contributed by atoms with Gasteiger partial charge >= 0.3 is 5.97 Å². The Labute approximate surface area is 94.1 Å². The fourth-order valence-electron chi connectivity index (χ4n) is 4.58. The van der Waals surface area contributed by atoms with Crippen molar-refractivity contribution in [3.05, 3.63) is 12.2 Å². The van der Waals surface area contributed by atoms with Gasteiger partial charge in [-0.1, -0.05) is 12.2 Å². The first kappa shape index (κ1) is 8.81. The number of hydrogen-bond acceptors (Lipinski definition) is 3. The quantitative estimate of drug-likeness (QED) is 0.457. The van der Waals surface area contributed by atoms with Gasteiger partial charge in [-0.05, 0) is 31.1 Å². The summed E-state index contributed by atoms with van der Waals surface area (Å²) in [4.78, 5) is 11.5. The van der Waals surface area contributed by atoms with Crippen molar-refractivity contribution in [2.45, 2.75) is 31.8 Å². The fraction of sp³-hybridized carbons (Fsp3) is 0.692. The van der Waals surface area contributed by atoms with Crippen molar-refractivity contribution in [2.75, 3.05) is 0 Å². The Morgan fingerprint density at radius 3 is 3.12 bits per heavy atom. The number of fused-ring (bicyclic) bond motifs is 1. The van der Waals surface area contributed by atoms with E-state index in [1.165, 1.54) is 0 Å². The molecule has 3 heteroatoms. The highest BCUT2D eigenvalue weighted by Gasteiger charge is 2.67. The molecule has 2 unspecified atom stereocenters. The van der Waals surface area contributed by atoms with Crippen LogP contribution in [0, 0.1) is 34.0 Å². The minimum Gasteiger partial charge on any atom is -0.461 e. The predicted octanol–water partition coefficient (Wildman–Crippen LogP) is 1.80. The Morgan fingerprint density at radius 1 is 1.44 bits per heavy atom. The molecular formula is C13H13NO2. The van der Waals surface area contributed by atoms with E-state index >= 15 is 0 Å². The summed E-state index contributed by atoms with van der Waals surface area (Å²) in [5.41, 5.74) is -0.268. The standard InChI is InChI=1S/C13H13NO2/c14-7-12-1-2-13-6-11(15)16-10(13)3-8(4-12)9(13)5-12/h1-2,8-10H,3-6H2/t8?,9-,10-,12+,13?/m1/s1. The van der Waals surface area contributed by atoms with E-state index in [-0.39, 0.29) is 22.9 Å². The van der Waals surface area contributed by atoms with Gasteiger partial charge in [0.25, 0.3) is 0 Å². The molecule has 5 atom stereocenters. The Hall–Kier alpha value is -1.30. The zero-order valence-corrected chi connectivity index (χ0v) is 8.98. The van der Waals surface area contributed by atoms with Crippen molar-refractivity contribution >= 4 is 5.97 Å². The maximum Gasteiger partial charge on any atom is 0.307 e. The van der Waals surface area contributed by atoms with Crippen molar-refractivity contribution in [1.29, 1.82) is 5.26 Å². The number of nitrogens with zero attached hydrogens (tertiary/aromatic N) is 1. The molecule has 2 saturated carbocycles. The van der Waals surface area contributed by atoms with Crippen LogP contribution in [0.3, 0.4) is 0 Å². The van der Waals surface area contributed by atoms with Gasteiger partial charge in [0, 0.05) is 5.41 Å². The van der Waals surface area contributed by atoms with Crippen molar-refractivity contribution in [2.24, 2.45) is 22.7 Å². The SMILES string of the molecule is N#C[C@@]12C=CC34CC(=O)O[C@@H]3CC(C1)[C@H]4C2. The van der Waals surface area contributed by atoms with E-state index in [4.69, 9.17) is 4.74 Å². The van der Waals surface area contributed by atoms with Crippen LogP contribution in [0.2, 0.25) is 0 Å². The molecule has 2 bridgehead atoms. The van der Waals surface area contributed by atoms with Crippen LogP contribution in [0.25, 0.3) is 0 Å². The van der Waals surface area contributed by atoms with E-state index < -0.39 is 0 Å². The van der Waals surface area contributed by atoms with E-state index in [0.717, 1.165) is 19.3 Å². The second kappa shape index (κ2) is 2.34. The molecule has 3 nitrogen and oxygen atoms in total. The van der Waals surface area contributed by atoms with Crippen LogP contribution < -0.4 is 0 Å². The van der Waals surface area contributed by atoms with Crippen LogP contribution in [-0.2, 0) is 9.53 Å². The minimum atomic E-state index is -0.225. The average Bonchev–Trinajstić information content (AvgIpc) is 2.79. The first-order valence-corrected chi connectivity index (χ1v) is 5.99. The van der Waals surface area contributed by atoms with Gasteiger partial charge in [-0.15, -0.1) is 0 Å². The molecule has 4 aliphatic rings. The normalized spacial score (nSPS) is 55.9. The molecule has 1 spiro atoms. The summed E-state index contributed by atoms with van der Waals surface area (Å²) in [7, 11) is 0. The number of ether oxygens (including phenoxy) is 1. The lowest BCUT2D eigenvalue weighted by Crippen LogP contribution is -2.34. The molecule has 0 aromatic rings. The third-order valence-electron chi connectivity index (χ3n) is 5.25. The molecule has 3 fully saturated rings. The van der Waals surface area contributed by atoms with Crippen LogP contribution in [-0.4, -0.2) is 12.1 Å². The van der Waals surface area contributed by atoms with Crippen LogP contribution in [0.1, 0.15) is 25.7 Å². The Morgan fingerprint density at radius 2 is 2.31 bits per heavy atom. The van der Waals surface area contributed by atoms with Gasteiger partial charge in [-0.2, -0.15) is 5.26 Å². The van der Waals surface area contributed by atoms with E-state index in [2.05, 4.69) is 18.2 Å². The molecule has 0 aromatic carbocycles. The van der Waals surface area contributed by atoms with Crippen molar-refractivity contribution in [3.8, 4) is 6.07 Å². The van der Waals surface area contributed by atoms with Gasteiger partial charge in [0.2, 0.25) is 0 Å². The van der Waals surface area contributed by atoms with Gasteiger partial charge < -0.3 is 4.74 Å². The molecular weight excluding hydrogens is 202 g/mol. The number of esters is 1. The average molecular weight is 215 g/mol. The predicted molar refractivity (Wildman–Crippen MR) is 54.9 cm³/mol. The summed E-state index contributed by atoms with van der Waals surface area (Å²) in [6.07, 6.45) is 7.74. The molecule has 82 valence electrons. The van der Waals surface area contributed by atoms with E-state index in [9.17, 15) is 10.1 Å². The molecule has 1 heterocycles. The second-order valence-electron chi connectivity index (χ2n) is 5.88. The summed E-state index contributed by atoms with van der Waals surface area (Å²) < 4.78 is 5.43. The van der Waals surface area contributed by atoms with Crippen LogP contribution >= 0.6 is 0 Å². The number of rotatable bonds is 0. The molecule has 0 N–H and O–H groups in total. The number of allylic oxidation sites excluding steroid dienone is 1. The van der Waals surface area contributed by atoms with Gasteiger partial charge in [0.1, 0.15) is 6.10 Å². The van der Waals surface area contributed by atoms with Gasteiger partial charge in [-0.3, -0.25) is 4.79 Å². The van der Waals surface area contributed by atoms with Crippen molar-refractivity contribution in [1.82, 2.24) is 0 Å². The zero-order chi connectivity index (χ0) is 11.0. The van der Waals surface area contributed by atoms with E-state index in [1.807, 2.05) is 0 Å². The molecule has 3 aliphatic carbocycles. The third-order valence-corrected chi connectivity index (χ3v) is 5.25. The second-order valence-corrected chi connectivity index (χ2v) is 5.88. The fourth-order valence-corrected chi connectivity index (χ4v) is 4.58. The maximum atomic E-state index is 11.5. The number of carbonyl (C=O) groups is 1. The highest BCUT2D eigenvalue weighted by molar-refractivity contribution is 5.74. The minimum absolute atomic E-state index is 0.0431. The lowest BCUT2D eigenvalue weighted by molar-refractivity contribution is -0.141. The molecule has 0 aromatic heterocycles. The zero-order valence-electron chi connectivity index (χ0n) is 8.98. The summed E-state index contributed by atoms with van der Waals surface area (Å²) in [5, 5.41) is 9.29. The third kappa shape index (κ3) is 0.764. The van der Waals surface area contributed by atoms with Crippen LogP contribution in [0.5, 0.6) is 0 Å². The van der Waals surface area contributed by atoms with Crippen LogP contribution in [0.15, 0.2) is 12.2 Å². The molecule has 0 radical (unpaired) electrons. The summed E-state index contributed by atoms with van der Waals surface area (Å²) in [5.74, 6) is 1.05. The summed E-state index contributed by atoms with van der Waals surface area (Å²) in [6, 6.07) is 2.47. The maximum absolute atomic E-state index is 11.5. The Balaban J connectivity index is 1.87. The Bertz CT molecular complexity index is 463. The highest BCUT2D eigenvalue weighted by atomic mass is 16.6. The van der Waals surface area contributed by atoms with Gasteiger partial charge in [0.15, 0.2) is 0 Å². The van der Waals surface area contributed by atoms with Crippen molar-refractivity contribution in [3.63, 3.8) is 0 Å². The molecule has 1 saturated heterocycles. The number of nitriles is 1. The lowest BCUT2D eigenvalue weighted by atomic mass is 9.67. The first-order chi connectivity index (χ1) is 7.67. The van der Waals surface area contributed by atoms with Gasteiger partial charge in [-0.25, -0.2) is 0 Å². The topological polar surface area (TPSA) is 50.1 Å². The summed E-state index contributed by atoms with van der Waals surface area (Å²) in [6.45, 7) is 0. The van der Waals surface area contributed by atoms with Gasteiger partial charge in [0.05, 0.1) is 17.9 Å². The monoisotopic (exact) mass is 215 g/mol. The lowest BCUT2D eigenvalue weighted by Gasteiger charge is -2.35. The number of hydrogen-bond donors (Lipinski definition) is 0. The molecule has 1 aliphatic heterocycles. The molecule has 4 rings (SSSR count). The molecule has 16 heavy (non-hydrogen) atoms. The van der Waals surface area contributed by atoms with Crippen molar-refractivity contribution < 1.29 is 9.53 Å². The van der Waals surface area contributed by atoms with Crippen LogP contribution in [0.4, 0.5) is 0 Å². The smallest absolute Gasteiger partial charge is 0.307 e. The first-order valence-electron chi connectivity index (χ1n) is 5.99. The largest absolute Gasteiger partial charge is 0.461 e. The van der Waals surface area contributed by atoms with E-state index in [0.29, 0.717) is 18.3 Å². The highest BCUT2D eigenvalue weighted by Crippen LogP contribution is 2.67. The van der Waals surface area contributed by atoms with E-state index in [1.54, 1.807) is 0 Å². The Kier molecular flexibility index (Phi) is 1.29. The molecule has 0 amide bonds. The number of carbonyl (C=O) groups excluding carboxylic acids is 1.